The number of Topliss-reactive ketones (excluding diaryl/α,β-unsaturated/α-hetero) is 1. The van der Waals surface area contributed by atoms with Crippen molar-refractivity contribution in [3.8, 4) is 0 Å². The minimum absolute atomic E-state index is 0.136. The van der Waals surface area contributed by atoms with Gasteiger partial charge in [0.05, 0.1) is 6.61 Å². The Labute approximate surface area is 102 Å². The third-order valence-electron chi connectivity index (χ3n) is 2.72. The summed E-state index contributed by atoms with van der Waals surface area (Å²) < 4.78 is 4.86. The maximum Gasteiger partial charge on any atom is 0.343 e. The molecule has 1 saturated heterocycles. The molecule has 1 aliphatic heterocycles. The zero-order chi connectivity index (χ0) is 12.8. The Kier molecular flexibility index (Phi) is 5.15. The van der Waals surface area contributed by atoms with Crippen LogP contribution in [-0.2, 0) is 14.3 Å². The van der Waals surface area contributed by atoms with Crippen LogP contribution >= 0.6 is 0 Å². The summed E-state index contributed by atoms with van der Waals surface area (Å²) in [4.78, 5) is 27.2. The van der Waals surface area contributed by atoms with E-state index in [1.807, 2.05) is 4.90 Å². The van der Waals surface area contributed by atoms with Gasteiger partial charge >= 0.3 is 5.97 Å². The van der Waals surface area contributed by atoms with E-state index in [1.54, 1.807) is 13.1 Å². The summed E-state index contributed by atoms with van der Waals surface area (Å²) in [6, 6.07) is 0. The molecule has 96 valence electrons. The Morgan fingerprint density at radius 2 is 1.82 bits per heavy atom. The van der Waals surface area contributed by atoms with Crippen LogP contribution in [-0.4, -0.2) is 61.4 Å². The Hall–Kier alpha value is -1.36. The van der Waals surface area contributed by atoms with Crippen LogP contribution in [0, 0.1) is 0 Å². The third kappa shape index (κ3) is 4.19. The van der Waals surface area contributed by atoms with Crippen LogP contribution in [0.15, 0.2) is 11.8 Å². The number of hydrogen-bond acceptors (Lipinski definition) is 5. The molecule has 0 aromatic heterocycles. The lowest BCUT2D eigenvalue weighted by Gasteiger charge is -2.31. The number of likely N-dealkylation sites (N-methyl/N-ethyl adjacent to an activating group) is 1. The summed E-state index contributed by atoms with van der Waals surface area (Å²) in [5, 5.41) is 0. The van der Waals surface area contributed by atoms with Crippen LogP contribution in [0.1, 0.15) is 13.8 Å². The largest absolute Gasteiger partial charge is 0.462 e. The van der Waals surface area contributed by atoms with Gasteiger partial charge in [-0.3, -0.25) is 4.79 Å². The zero-order valence-electron chi connectivity index (χ0n) is 10.7. The predicted molar refractivity (Wildman–Crippen MR) is 64.5 cm³/mol. The molecule has 1 heterocycles. The van der Waals surface area contributed by atoms with E-state index in [2.05, 4.69) is 11.9 Å². The summed E-state index contributed by atoms with van der Waals surface area (Å²) in [5.41, 5.74) is 0.136. The molecule has 0 amide bonds. The molecule has 5 heteroatoms. The Morgan fingerprint density at radius 3 is 2.29 bits per heavy atom. The summed E-state index contributed by atoms with van der Waals surface area (Å²) >= 11 is 0. The van der Waals surface area contributed by atoms with Gasteiger partial charge in [-0.15, -0.1) is 0 Å². The van der Waals surface area contributed by atoms with Gasteiger partial charge in [0.25, 0.3) is 0 Å². The van der Waals surface area contributed by atoms with E-state index >= 15 is 0 Å². The van der Waals surface area contributed by atoms with E-state index in [9.17, 15) is 9.59 Å². The van der Waals surface area contributed by atoms with Crippen molar-refractivity contribution in [3.05, 3.63) is 11.8 Å². The van der Waals surface area contributed by atoms with E-state index in [1.165, 1.54) is 6.92 Å². The van der Waals surface area contributed by atoms with Crippen LogP contribution in [0.3, 0.4) is 0 Å². The first-order valence-electron chi connectivity index (χ1n) is 5.87. The summed E-state index contributed by atoms with van der Waals surface area (Å²) in [7, 11) is 2.05. The lowest BCUT2D eigenvalue weighted by molar-refractivity contribution is -0.139. The average molecular weight is 240 g/mol. The number of esters is 1. The molecule has 0 aliphatic carbocycles. The zero-order valence-corrected chi connectivity index (χ0v) is 10.7. The lowest BCUT2D eigenvalue weighted by atomic mass is 10.2. The number of rotatable bonds is 4. The van der Waals surface area contributed by atoms with Crippen LogP contribution < -0.4 is 0 Å². The van der Waals surface area contributed by atoms with Crippen molar-refractivity contribution in [2.24, 2.45) is 0 Å². The molecule has 5 nitrogen and oxygen atoms in total. The van der Waals surface area contributed by atoms with Crippen molar-refractivity contribution in [1.29, 1.82) is 0 Å². The molecule has 0 atom stereocenters. The first kappa shape index (κ1) is 13.7. The fourth-order valence-corrected chi connectivity index (χ4v) is 1.63. The monoisotopic (exact) mass is 240 g/mol. The quantitative estimate of drug-likeness (QED) is 0.305. The topological polar surface area (TPSA) is 49.9 Å². The fraction of sp³-hybridized carbons (Fsp3) is 0.667. The molecule has 0 bridgehead atoms. The molecule has 1 aliphatic rings. The van der Waals surface area contributed by atoms with Crippen molar-refractivity contribution >= 4 is 11.8 Å². The van der Waals surface area contributed by atoms with Gasteiger partial charge in [-0.05, 0) is 20.9 Å². The Bertz CT molecular complexity index is 318. The van der Waals surface area contributed by atoms with Crippen LogP contribution in [0.5, 0.6) is 0 Å². The van der Waals surface area contributed by atoms with Crippen LogP contribution in [0.25, 0.3) is 0 Å². The highest BCUT2D eigenvalue weighted by atomic mass is 16.5. The average Bonchev–Trinajstić information content (AvgIpc) is 2.28. The molecule has 1 fully saturated rings. The summed E-state index contributed by atoms with van der Waals surface area (Å²) in [5.74, 6) is -0.777. The van der Waals surface area contributed by atoms with Crippen LogP contribution in [0.2, 0.25) is 0 Å². The van der Waals surface area contributed by atoms with Crippen molar-refractivity contribution < 1.29 is 14.3 Å². The van der Waals surface area contributed by atoms with E-state index in [4.69, 9.17) is 4.74 Å². The first-order chi connectivity index (χ1) is 8.04. The maximum atomic E-state index is 11.6. The van der Waals surface area contributed by atoms with Gasteiger partial charge in [0, 0.05) is 32.4 Å². The number of piperazine rings is 1. The second kappa shape index (κ2) is 6.39. The molecular weight excluding hydrogens is 220 g/mol. The van der Waals surface area contributed by atoms with Gasteiger partial charge in [0.15, 0.2) is 5.78 Å². The Balaban J connectivity index is 2.69. The number of carbonyl (C=O) groups excluding carboxylic acids is 2. The SMILES string of the molecule is CCOC(=O)/C(=C\N1CCN(C)CC1)C(C)=O. The molecule has 0 saturated carbocycles. The number of carbonyl (C=O) groups is 2. The molecule has 0 unspecified atom stereocenters. The molecular formula is C12H20N2O3. The molecule has 17 heavy (non-hydrogen) atoms. The van der Waals surface area contributed by atoms with Gasteiger partial charge < -0.3 is 14.5 Å². The summed E-state index contributed by atoms with van der Waals surface area (Å²) in [6.45, 7) is 6.92. The first-order valence-corrected chi connectivity index (χ1v) is 5.87. The Morgan fingerprint density at radius 1 is 1.24 bits per heavy atom. The van der Waals surface area contributed by atoms with Crippen molar-refractivity contribution in [3.63, 3.8) is 0 Å². The number of ketones is 1. The normalized spacial score (nSPS) is 18.1. The minimum Gasteiger partial charge on any atom is -0.462 e. The number of ether oxygens (including phenoxy) is 1. The molecule has 1 rings (SSSR count). The highest BCUT2D eigenvalue weighted by molar-refractivity contribution is 6.16. The molecule has 0 N–H and O–H groups in total. The van der Waals surface area contributed by atoms with Crippen LogP contribution in [0.4, 0.5) is 0 Å². The standard InChI is InChI=1S/C12H20N2O3/c1-4-17-12(16)11(10(2)15)9-14-7-5-13(3)6-8-14/h9H,4-8H2,1-3H3/b11-9-. The number of hydrogen-bond donors (Lipinski definition) is 0. The lowest BCUT2D eigenvalue weighted by Crippen LogP contribution is -2.42. The molecule has 0 aromatic rings. The van der Waals surface area contributed by atoms with E-state index in [0.717, 1.165) is 26.2 Å². The second-order valence-corrected chi connectivity index (χ2v) is 4.16. The van der Waals surface area contributed by atoms with Gasteiger partial charge in [-0.2, -0.15) is 0 Å². The van der Waals surface area contributed by atoms with E-state index < -0.39 is 5.97 Å². The highest BCUT2D eigenvalue weighted by Crippen LogP contribution is 2.06. The maximum absolute atomic E-state index is 11.6. The molecule has 0 aromatic carbocycles. The highest BCUT2D eigenvalue weighted by Gasteiger charge is 2.19. The van der Waals surface area contributed by atoms with E-state index in [0.29, 0.717) is 0 Å². The molecule has 0 spiro atoms. The smallest absolute Gasteiger partial charge is 0.343 e. The van der Waals surface area contributed by atoms with Gasteiger partial charge in [0.1, 0.15) is 5.57 Å². The van der Waals surface area contributed by atoms with Crippen molar-refractivity contribution in [1.82, 2.24) is 9.80 Å². The van der Waals surface area contributed by atoms with Gasteiger partial charge in [-0.1, -0.05) is 0 Å². The van der Waals surface area contributed by atoms with E-state index in [-0.39, 0.29) is 18.0 Å². The van der Waals surface area contributed by atoms with Gasteiger partial charge in [0.2, 0.25) is 0 Å². The molecule has 0 radical (unpaired) electrons. The fourth-order valence-electron chi connectivity index (χ4n) is 1.63. The van der Waals surface area contributed by atoms with Crippen molar-refractivity contribution in [2.75, 3.05) is 39.8 Å². The predicted octanol–water partition coefficient (Wildman–Crippen LogP) is 0.270. The third-order valence-corrected chi connectivity index (χ3v) is 2.72. The van der Waals surface area contributed by atoms with Crippen molar-refractivity contribution in [2.45, 2.75) is 13.8 Å². The minimum atomic E-state index is -0.529. The second-order valence-electron chi connectivity index (χ2n) is 4.16. The summed E-state index contributed by atoms with van der Waals surface area (Å²) in [6.07, 6.45) is 1.63. The number of nitrogens with zero attached hydrogens (tertiary/aromatic N) is 2. The van der Waals surface area contributed by atoms with Gasteiger partial charge in [-0.25, -0.2) is 4.79 Å².